The van der Waals surface area contributed by atoms with E-state index in [0.29, 0.717) is 23.7 Å². The highest BCUT2D eigenvalue weighted by Gasteiger charge is 2.28. The van der Waals surface area contributed by atoms with Crippen LogP contribution < -0.4 is 14.2 Å². The van der Waals surface area contributed by atoms with Crippen LogP contribution in [-0.2, 0) is 13.1 Å². The number of carbonyl (C=O) groups is 1. The van der Waals surface area contributed by atoms with E-state index in [9.17, 15) is 4.79 Å². The summed E-state index contributed by atoms with van der Waals surface area (Å²) < 4.78 is 17.1. The summed E-state index contributed by atoms with van der Waals surface area (Å²) in [7, 11) is 2.13. The molecule has 0 bridgehead atoms. The number of benzene rings is 3. The maximum atomic E-state index is 13.4. The van der Waals surface area contributed by atoms with Crippen LogP contribution in [-0.4, -0.2) is 53.7 Å². The van der Waals surface area contributed by atoms with E-state index in [-0.39, 0.29) is 18.7 Å². The number of carbonyl (C=O) groups excluding carboxylic acids is 1. The van der Waals surface area contributed by atoms with Gasteiger partial charge in [-0.3, -0.25) is 14.7 Å². The van der Waals surface area contributed by atoms with Crippen LogP contribution in [0.1, 0.15) is 47.2 Å². The SMILES string of the molecule is CN(Cc1cccc(OCCC2CCCCN2C(=O)c2ccc3c(c2)OCO3)c1)Cc1cccc2cccnc12. The zero-order chi connectivity index (χ0) is 27.3. The molecule has 4 aromatic rings. The Morgan fingerprint density at radius 3 is 2.83 bits per heavy atom. The molecule has 0 N–H and O–H groups in total. The molecule has 1 atom stereocenters. The summed E-state index contributed by atoms with van der Waals surface area (Å²) in [4.78, 5) is 22.3. The van der Waals surface area contributed by atoms with Crippen molar-refractivity contribution in [2.45, 2.75) is 44.8 Å². The molecule has 6 rings (SSSR count). The summed E-state index contributed by atoms with van der Waals surface area (Å²) in [6, 6.07) is 24.4. The average Bonchev–Trinajstić information content (AvgIpc) is 3.46. The van der Waals surface area contributed by atoms with Gasteiger partial charge in [0.15, 0.2) is 11.5 Å². The quantitative estimate of drug-likeness (QED) is 0.259. The maximum absolute atomic E-state index is 13.4. The van der Waals surface area contributed by atoms with Gasteiger partial charge >= 0.3 is 0 Å². The summed E-state index contributed by atoms with van der Waals surface area (Å²) in [5.41, 5.74) is 4.13. The molecule has 3 aromatic carbocycles. The van der Waals surface area contributed by atoms with Crippen molar-refractivity contribution < 1.29 is 19.0 Å². The van der Waals surface area contributed by atoms with Crippen molar-refractivity contribution in [3.63, 3.8) is 0 Å². The van der Waals surface area contributed by atoms with Crippen molar-refractivity contribution in [1.82, 2.24) is 14.8 Å². The van der Waals surface area contributed by atoms with E-state index in [1.807, 2.05) is 41.4 Å². The Morgan fingerprint density at radius 1 is 1.00 bits per heavy atom. The average molecular weight is 538 g/mol. The number of hydrogen-bond acceptors (Lipinski definition) is 6. The number of hydrogen-bond donors (Lipinski definition) is 0. The van der Waals surface area contributed by atoms with Crippen molar-refractivity contribution in [2.75, 3.05) is 27.0 Å². The molecule has 2 aliphatic heterocycles. The van der Waals surface area contributed by atoms with Gasteiger partial charge in [0.2, 0.25) is 6.79 Å². The van der Waals surface area contributed by atoms with E-state index in [4.69, 9.17) is 14.2 Å². The van der Waals surface area contributed by atoms with Gasteiger partial charge in [0, 0.05) is 49.2 Å². The number of para-hydroxylation sites is 1. The van der Waals surface area contributed by atoms with Gasteiger partial charge in [0.1, 0.15) is 5.75 Å². The lowest BCUT2D eigenvalue weighted by atomic mass is 9.98. The van der Waals surface area contributed by atoms with Gasteiger partial charge in [-0.05, 0) is 73.8 Å². The second-order valence-electron chi connectivity index (χ2n) is 10.7. The summed E-state index contributed by atoms with van der Waals surface area (Å²) in [5.74, 6) is 2.25. The fraction of sp³-hybridized carbons (Fsp3) is 0.333. The molecule has 1 fully saturated rings. The van der Waals surface area contributed by atoms with Gasteiger partial charge in [0.05, 0.1) is 12.1 Å². The minimum atomic E-state index is 0.0504. The first-order chi connectivity index (χ1) is 19.6. The zero-order valence-corrected chi connectivity index (χ0v) is 22.9. The second kappa shape index (κ2) is 12.0. The Hall–Kier alpha value is -4.10. The predicted molar refractivity (Wildman–Crippen MR) is 155 cm³/mol. The largest absolute Gasteiger partial charge is 0.494 e. The first kappa shape index (κ1) is 26.1. The molecule has 0 aliphatic carbocycles. The zero-order valence-electron chi connectivity index (χ0n) is 22.9. The maximum Gasteiger partial charge on any atom is 0.254 e. The van der Waals surface area contributed by atoms with E-state index in [0.717, 1.165) is 62.0 Å². The van der Waals surface area contributed by atoms with Crippen LogP contribution >= 0.6 is 0 Å². The lowest BCUT2D eigenvalue weighted by molar-refractivity contribution is 0.0580. The Morgan fingerprint density at radius 2 is 1.88 bits per heavy atom. The Kier molecular flexibility index (Phi) is 7.82. The number of amides is 1. The molecule has 1 amide bonds. The first-order valence-corrected chi connectivity index (χ1v) is 14.1. The van der Waals surface area contributed by atoms with E-state index < -0.39 is 0 Å². The van der Waals surface area contributed by atoms with Crippen molar-refractivity contribution in [3.05, 3.63) is 95.7 Å². The van der Waals surface area contributed by atoms with Crippen LogP contribution in [0, 0.1) is 0 Å². The van der Waals surface area contributed by atoms with Crippen LogP contribution in [0.15, 0.2) is 79.0 Å². The van der Waals surface area contributed by atoms with E-state index in [2.05, 4.69) is 53.3 Å². The molecule has 2 aliphatic rings. The number of piperidine rings is 1. The van der Waals surface area contributed by atoms with Crippen molar-refractivity contribution in [1.29, 1.82) is 0 Å². The minimum Gasteiger partial charge on any atom is -0.494 e. The molecule has 1 saturated heterocycles. The van der Waals surface area contributed by atoms with Crippen molar-refractivity contribution >= 4 is 16.8 Å². The van der Waals surface area contributed by atoms with Gasteiger partial charge in [-0.25, -0.2) is 0 Å². The minimum absolute atomic E-state index is 0.0504. The van der Waals surface area contributed by atoms with Crippen LogP contribution in [0.5, 0.6) is 17.2 Å². The number of likely N-dealkylation sites (tertiary alicyclic amines) is 1. The van der Waals surface area contributed by atoms with Crippen LogP contribution in [0.25, 0.3) is 10.9 Å². The molecule has 0 radical (unpaired) electrons. The lowest BCUT2D eigenvalue weighted by Crippen LogP contribution is -2.44. The molecule has 0 spiro atoms. The molecule has 1 unspecified atom stereocenters. The number of ether oxygens (including phenoxy) is 3. The molecular weight excluding hydrogens is 502 g/mol. The number of nitrogens with zero attached hydrogens (tertiary/aromatic N) is 3. The number of fused-ring (bicyclic) bond motifs is 2. The highest BCUT2D eigenvalue weighted by Crippen LogP contribution is 2.33. The first-order valence-electron chi connectivity index (χ1n) is 14.1. The van der Waals surface area contributed by atoms with Gasteiger partial charge in [0.25, 0.3) is 5.91 Å². The Bertz CT molecular complexity index is 1480. The third kappa shape index (κ3) is 5.89. The van der Waals surface area contributed by atoms with Gasteiger partial charge in [-0.1, -0.05) is 36.4 Å². The van der Waals surface area contributed by atoms with Crippen molar-refractivity contribution in [2.24, 2.45) is 0 Å². The fourth-order valence-electron chi connectivity index (χ4n) is 5.76. The van der Waals surface area contributed by atoms with Crippen LogP contribution in [0.3, 0.4) is 0 Å². The number of pyridine rings is 1. The predicted octanol–water partition coefficient (Wildman–Crippen LogP) is 6.06. The second-order valence-corrected chi connectivity index (χ2v) is 10.7. The molecule has 206 valence electrons. The molecule has 7 heteroatoms. The highest BCUT2D eigenvalue weighted by molar-refractivity contribution is 5.95. The molecule has 0 saturated carbocycles. The normalized spacial score (nSPS) is 16.4. The summed E-state index contributed by atoms with van der Waals surface area (Å²) in [6.07, 6.45) is 5.80. The fourth-order valence-corrected chi connectivity index (χ4v) is 5.76. The standard InChI is InChI=1S/C33H35N3O4/c1-35(22-27-9-5-8-25-10-6-16-34-32(25)27)21-24-7-4-12-29(19-24)38-18-15-28-11-2-3-17-36(28)33(37)26-13-14-30-31(20-26)40-23-39-30/h4-10,12-14,16,19-20,28H,2-3,11,15,17-18,21-23H2,1H3. The van der Waals surface area contributed by atoms with Gasteiger partial charge in [-0.15, -0.1) is 0 Å². The highest BCUT2D eigenvalue weighted by atomic mass is 16.7. The topological polar surface area (TPSA) is 64.1 Å². The van der Waals surface area contributed by atoms with E-state index >= 15 is 0 Å². The molecule has 7 nitrogen and oxygen atoms in total. The van der Waals surface area contributed by atoms with Gasteiger partial charge in [-0.2, -0.15) is 0 Å². The molecule has 1 aromatic heterocycles. The summed E-state index contributed by atoms with van der Waals surface area (Å²) >= 11 is 0. The van der Waals surface area contributed by atoms with Crippen LogP contribution in [0.2, 0.25) is 0 Å². The Labute approximate surface area is 235 Å². The monoisotopic (exact) mass is 537 g/mol. The molecule has 40 heavy (non-hydrogen) atoms. The van der Waals surface area contributed by atoms with E-state index in [1.54, 1.807) is 6.07 Å². The van der Waals surface area contributed by atoms with E-state index in [1.165, 1.54) is 11.1 Å². The smallest absolute Gasteiger partial charge is 0.254 e. The summed E-state index contributed by atoms with van der Waals surface area (Å²) in [5, 5.41) is 1.16. The third-order valence-corrected chi connectivity index (χ3v) is 7.73. The lowest BCUT2D eigenvalue weighted by Gasteiger charge is -2.36. The number of rotatable bonds is 9. The number of aromatic nitrogens is 1. The molecular formula is C33H35N3O4. The molecule has 3 heterocycles. The Balaban J connectivity index is 1.04. The van der Waals surface area contributed by atoms with Gasteiger partial charge < -0.3 is 19.1 Å². The summed E-state index contributed by atoms with van der Waals surface area (Å²) in [6.45, 7) is 3.16. The van der Waals surface area contributed by atoms with Crippen LogP contribution in [0.4, 0.5) is 0 Å². The third-order valence-electron chi connectivity index (χ3n) is 7.73. The van der Waals surface area contributed by atoms with Crippen molar-refractivity contribution in [3.8, 4) is 17.2 Å².